The number of nitrogens with zero attached hydrogens (tertiary/aromatic N) is 2. The van der Waals surface area contributed by atoms with Crippen molar-refractivity contribution in [1.82, 2.24) is 9.55 Å². The summed E-state index contributed by atoms with van der Waals surface area (Å²) in [7, 11) is 0. The van der Waals surface area contributed by atoms with Gasteiger partial charge in [-0.05, 0) is 36.8 Å². The van der Waals surface area contributed by atoms with Crippen LogP contribution in [0.25, 0.3) is 10.9 Å². The molecule has 0 saturated heterocycles. The zero-order valence-electron chi connectivity index (χ0n) is 16.3. The van der Waals surface area contributed by atoms with Gasteiger partial charge in [-0.25, -0.2) is 9.37 Å². The number of hydrogen-bond donors (Lipinski definition) is 0. The highest BCUT2D eigenvalue weighted by Crippen LogP contribution is 2.25. The monoisotopic (exact) mass is 418 g/mol. The second kappa shape index (κ2) is 8.63. The van der Waals surface area contributed by atoms with Crippen LogP contribution in [0.1, 0.15) is 28.9 Å². The normalized spacial score (nSPS) is 12.1. The van der Waals surface area contributed by atoms with Gasteiger partial charge in [-0.3, -0.25) is 14.2 Å². The number of hydrogen-bond acceptors (Lipinski definition) is 4. The van der Waals surface area contributed by atoms with Crippen molar-refractivity contribution < 1.29 is 9.18 Å². The molecule has 6 heteroatoms. The molecule has 4 nitrogen and oxygen atoms in total. The van der Waals surface area contributed by atoms with Crippen LogP contribution in [-0.2, 0) is 0 Å². The molecular weight excluding hydrogens is 399 g/mol. The van der Waals surface area contributed by atoms with Gasteiger partial charge in [0.25, 0.3) is 5.56 Å². The van der Waals surface area contributed by atoms with Gasteiger partial charge < -0.3 is 0 Å². The first-order valence-electron chi connectivity index (χ1n) is 9.52. The first-order chi connectivity index (χ1) is 14.5. The Balaban J connectivity index is 1.74. The van der Waals surface area contributed by atoms with Crippen LogP contribution in [0.2, 0.25) is 0 Å². The molecule has 3 aromatic carbocycles. The van der Waals surface area contributed by atoms with Gasteiger partial charge in [-0.2, -0.15) is 0 Å². The van der Waals surface area contributed by atoms with Crippen molar-refractivity contribution in [1.29, 1.82) is 0 Å². The fraction of sp³-hybridized carbons (Fsp3) is 0.125. The van der Waals surface area contributed by atoms with Crippen molar-refractivity contribution >= 4 is 28.4 Å². The van der Waals surface area contributed by atoms with Crippen LogP contribution in [0.15, 0.2) is 88.8 Å². The molecule has 0 spiro atoms. The molecule has 1 heterocycles. The van der Waals surface area contributed by atoms with Crippen LogP contribution in [0.3, 0.4) is 0 Å². The highest BCUT2D eigenvalue weighted by molar-refractivity contribution is 7.99. The molecule has 0 fully saturated rings. The van der Waals surface area contributed by atoms with Crippen LogP contribution in [0, 0.1) is 5.82 Å². The number of carbonyl (C=O) groups excluding carboxylic acids is 1. The summed E-state index contributed by atoms with van der Waals surface area (Å²) in [6, 6.07) is 22.2. The minimum Gasteiger partial charge on any atom is -0.293 e. The number of rotatable bonds is 6. The van der Waals surface area contributed by atoms with E-state index in [4.69, 9.17) is 0 Å². The Labute approximate surface area is 177 Å². The summed E-state index contributed by atoms with van der Waals surface area (Å²) in [5.74, 6) is -0.624. The third-order valence-corrected chi connectivity index (χ3v) is 5.88. The van der Waals surface area contributed by atoms with E-state index in [1.807, 2.05) is 49.4 Å². The largest absolute Gasteiger partial charge is 0.293 e. The molecule has 150 valence electrons. The maximum Gasteiger partial charge on any atom is 0.262 e. The van der Waals surface area contributed by atoms with Gasteiger partial charge in [-0.15, -0.1) is 0 Å². The van der Waals surface area contributed by atoms with Gasteiger partial charge in [0.05, 0.1) is 22.7 Å². The van der Waals surface area contributed by atoms with E-state index in [0.717, 1.165) is 5.56 Å². The number of benzene rings is 3. The molecule has 0 aliphatic carbocycles. The minimum absolute atomic E-state index is 0.0513. The van der Waals surface area contributed by atoms with Crippen LogP contribution >= 0.6 is 11.8 Å². The number of ketones is 1. The predicted molar refractivity (Wildman–Crippen MR) is 118 cm³/mol. The lowest BCUT2D eigenvalue weighted by molar-refractivity contribution is 0.102. The molecule has 0 aliphatic heterocycles. The molecule has 30 heavy (non-hydrogen) atoms. The average Bonchev–Trinajstić information content (AvgIpc) is 2.78. The molecule has 0 amide bonds. The number of carbonyl (C=O) groups is 1. The maximum absolute atomic E-state index is 13.5. The second-order valence-electron chi connectivity index (χ2n) is 6.90. The average molecular weight is 418 g/mol. The molecule has 4 rings (SSSR count). The summed E-state index contributed by atoms with van der Waals surface area (Å²) in [5, 5.41) is 0.987. The van der Waals surface area contributed by atoms with Crippen molar-refractivity contribution in [3.05, 3.63) is 106 Å². The van der Waals surface area contributed by atoms with Crippen LogP contribution in [-0.4, -0.2) is 21.1 Å². The number of fused-ring (bicyclic) bond motifs is 1. The van der Waals surface area contributed by atoms with E-state index in [2.05, 4.69) is 4.98 Å². The topological polar surface area (TPSA) is 52.0 Å². The molecule has 1 aromatic heterocycles. The summed E-state index contributed by atoms with van der Waals surface area (Å²) in [6.07, 6.45) is 0. The zero-order chi connectivity index (χ0) is 21.1. The van der Waals surface area contributed by atoms with Crippen molar-refractivity contribution in [3.8, 4) is 0 Å². The highest BCUT2D eigenvalue weighted by Gasteiger charge is 2.19. The SMILES string of the molecule is C[C@H](c1ccccc1)n1c(SCC(=O)c2cccc(F)c2)nc2ccccc2c1=O. The molecule has 0 saturated carbocycles. The van der Waals surface area contributed by atoms with E-state index in [-0.39, 0.29) is 23.1 Å². The van der Waals surface area contributed by atoms with Crippen LogP contribution in [0.5, 0.6) is 0 Å². The van der Waals surface area contributed by atoms with Gasteiger partial charge in [0.2, 0.25) is 0 Å². The first kappa shape index (κ1) is 20.0. The van der Waals surface area contributed by atoms with E-state index in [1.165, 1.54) is 30.0 Å². The number of Topliss-reactive ketones (excluding diaryl/α,β-unsaturated/α-hetero) is 1. The Hall–Kier alpha value is -3.25. The van der Waals surface area contributed by atoms with Gasteiger partial charge in [0.15, 0.2) is 10.9 Å². The lowest BCUT2D eigenvalue weighted by Gasteiger charge is -2.20. The Morgan fingerprint density at radius 3 is 2.53 bits per heavy atom. The van der Waals surface area contributed by atoms with Crippen LogP contribution < -0.4 is 5.56 Å². The molecule has 0 aliphatic rings. The first-order valence-corrected chi connectivity index (χ1v) is 10.5. The summed E-state index contributed by atoms with van der Waals surface area (Å²) in [5.41, 5.74) is 1.70. The second-order valence-corrected chi connectivity index (χ2v) is 7.84. The number of thioether (sulfide) groups is 1. The van der Waals surface area contributed by atoms with Gasteiger partial charge in [0, 0.05) is 5.56 Å². The Kier molecular flexibility index (Phi) is 5.77. The third kappa shape index (κ3) is 4.04. The lowest BCUT2D eigenvalue weighted by Crippen LogP contribution is -2.27. The fourth-order valence-electron chi connectivity index (χ4n) is 3.32. The summed E-state index contributed by atoms with van der Waals surface area (Å²) in [6.45, 7) is 1.94. The zero-order valence-corrected chi connectivity index (χ0v) is 17.1. The Morgan fingerprint density at radius 2 is 1.77 bits per heavy atom. The number of aromatic nitrogens is 2. The van der Waals surface area contributed by atoms with E-state index < -0.39 is 5.82 Å². The van der Waals surface area contributed by atoms with Gasteiger partial charge in [0.1, 0.15) is 5.82 Å². The molecule has 0 N–H and O–H groups in total. The minimum atomic E-state index is -0.454. The summed E-state index contributed by atoms with van der Waals surface area (Å²) < 4.78 is 15.1. The molecule has 0 radical (unpaired) electrons. The lowest BCUT2D eigenvalue weighted by atomic mass is 10.1. The van der Waals surface area contributed by atoms with Crippen molar-refractivity contribution in [2.75, 3.05) is 5.75 Å². The standard InChI is InChI=1S/C24H19FN2O2S/c1-16(17-8-3-2-4-9-17)27-23(29)20-12-5-6-13-21(20)26-24(27)30-15-22(28)18-10-7-11-19(25)14-18/h2-14,16H,15H2,1H3/t16-/m1/s1. The van der Waals surface area contributed by atoms with Gasteiger partial charge >= 0.3 is 0 Å². The van der Waals surface area contributed by atoms with Crippen molar-refractivity contribution in [3.63, 3.8) is 0 Å². The quantitative estimate of drug-likeness (QED) is 0.248. The Morgan fingerprint density at radius 1 is 1.03 bits per heavy atom. The predicted octanol–water partition coefficient (Wildman–Crippen LogP) is 5.12. The fourth-order valence-corrected chi connectivity index (χ4v) is 4.29. The smallest absolute Gasteiger partial charge is 0.262 e. The molecule has 1 atom stereocenters. The van der Waals surface area contributed by atoms with E-state index in [1.54, 1.807) is 22.8 Å². The van der Waals surface area contributed by atoms with E-state index in [9.17, 15) is 14.0 Å². The van der Waals surface area contributed by atoms with E-state index in [0.29, 0.717) is 21.6 Å². The maximum atomic E-state index is 13.5. The summed E-state index contributed by atoms with van der Waals surface area (Å²) in [4.78, 5) is 30.5. The molecule has 0 unspecified atom stereocenters. The molecule has 0 bridgehead atoms. The number of halogens is 1. The molecular formula is C24H19FN2O2S. The van der Waals surface area contributed by atoms with Crippen molar-refractivity contribution in [2.45, 2.75) is 18.1 Å². The molecule has 4 aromatic rings. The highest BCUT2D eigenvalue weighted by atomic mass is 32.2. The summed E-state index contributed by atoms with van der Waals surface area (Å²) >= 11 is 1.19. The Bertz CT molecular complexity index is 1270. The third-order valence-electron chi connectivity index (χ3n) is 4.92. The van der Waals surface area contributed by atoms with Crippen LogP contribution in [0.4, 0.5) is 4.39 Å². The number of para-hydroxylation sites is 1. The van der Waals surface area contributed by atoms with E-state index >= 15 is 0 Å². The van der Waals surface area contributed by atoms with Crippen molar-refractivity contribution in [2.24, 2.45) is 0 Å². The van der Waals surface area contributed by atoms with Gasteiger partial charge in [-0.1, -0.05) is 66.4 Å².